The summed E-state index contributed by atoms with van der Waals surface area (Å²) in [6, 6.07) is -1.16. The average molecular weight is 748 g/mol. The molecule has 4 aliphatic rings. The van der Waals surface area contributed by atoms with Gasteiger partial charge in [0, 0.05) is 24.0 Å². The standard InChI is InChI=1S/C25H28F3N11O7S3/c1-24(2,22(44)34-30)46-35-15(12-9-49-23(29)31-12)18(40)33-16-19(41)38-17(21(42)43)10(8-48-20(16)38)7-47-14-4-11(6-45-3)39-13(32-14)5-37(36-39)25(26,27)28/h4-5,9,16,20,36H,6-8,30H2,1-3H3,(H2,29,31)(H,33,40)(H,34,44)(H,42,43)/b35-15-/t16?,20-/m1/s1. The second-order valence-electron chi connectivity index (χ2n) is 10.8. The Morgan fingerprint density at radius 1 is 1.31 bits per heavy atom. The van der Waals surface area contributed by atoms with Crippen molar-refractivity contribution in [1.29, 1.82) is 0 Å². The van der Waals surface area contributed by atoms with Crippen molar-refractivity contribution in [3.05, 3.63) is 46.1 Å². The monoisotopic (exact) mass is 747 g/mol. The number of nitrogens with zero attached hydrogens (tertiary/aromatic N) is 6. The van der Waals surface area contributed by atoms with Crippen LogP contribution in [0.1, 0.15) is 19.5 Å². The number of halogens is 3. The van der Waals surface area contributed by atoms with E-state index in [9.17, 15) is 37.5 Å². The number of ether oxygens (including phenoxy) is 1. The van der Waals surface area contributed by atoms with Crippen molar-refractivity contribution < 1.29 is 47.0 Å². The van der Waals surface area contributed by atoms with E-state index in [4.69, 9.17) is 21.2 Å². The first kappa shape index (κ1) is 35.9. The summed E-state index contributed by atoms with van der Waals surface area (Å²) in [5.41, 5.74) is 8.20. The van der Waals surface area contributed by atoms with E-state index in [0.717, 1.165) is 39.2 Å². The number of alkyl halides is 3. The highest BCUT2D eigenvalue weighted by Gasteiger charge is 2.54. The molecule has 1 aromatic rings. The molecule has 49 heavy (non-hydrogen) atoms. The van der Waals surface area contributed by atoms with Gasteiger partial charge in [-0.1, -0.05) is 5.16 Å². The predicted molar refractivity (Wildman–Crippen MR) is 171 cm³/mol. The largest absolute Gasteiger partial charge is 0.500 e. The van der Waals surface area contributed by atoms with Gasteiger partial charge in [0.05, 0.1) is 18.5 Å². The quantitative estimate of drug-likeness (QED) is 0.0436. The van der Waals surface area contributed by atoms with Gasteiger partial charge in [-0.3, -0.25) is 24.7 Å². The van der Waals surface area contributed by atoms with Gasteiger partial charge in [0.2, 0.25) is 5.60 Å². The minimum Gasteiger partial charge on any atom is -0.477 e. The SMILES string of the molecule is COCC1=CC(SCC2=C(C(=O)O)N3C(=O)C(NC(=O)/C(=N\OC(C)(C)C(=O)NN)c4csc(N)n4)[C@H]3SC2)=NC2=CN(C(F)(F)F)NN12. The van der Waals surface area contributed by atoms with Gasteiger partial charge in [0.1, 0.15) is 27.9 Å². The van der Waals surface area contributed by atoms with Gasteiger partial charge in [-0.05, 0) is 25.5 Å². The molecule has 0 aliphatic carbocycles. The Labute approximate surface area is 287 Å². The zero-order chi connectivity index (χ0) is 35.8. The molecule has 0 spiro atoms. The van der Waals surface area contributed by atoms with Gasteiger partial charge >= 0.3 is 12.3 Å². The highest BCUT2D eigenvalue weighted by atomic mass is 32.2. The van der Waals surface area contributed by atoms with Gasteiger partial charge in [-0.2, -0.15) is 0 Å². The number of aliphatic imine (C=N–C) groups is 1. The molecule has 0 aromatic carbocycles. The number of carboxylic acids is 1. The molecule has 5 heterocycles. The molecule has 18 nitrogen and oxygen atoms in total. The van der Waals surface area contributed by atoms with Crippen LogP contribution in [-0.2, 0) is 28.8 Å². The number of hydrogen-bond acceptors (Lipinski definition) is 17. The van der Waals surface area contributed by atoms with Gasteiger partial charge < -0.3 is 25.7 Å². The van der Waals surface area contributed by atoms with E-state index in [2.05, 4.69) is 26.0 Å². The normalized spacial score (nSPS) is 21.0. The Balaban J connectivity index is 1.32. The maximum Gasteiger partial charge on any atom is 0.500 e. The Morgan fingerprint density at radius 2 is 2.04 bits per heavy atom. The molecule has 8 N–H and O–H groups in total. The fourth-order valence-electron chi connectivity index (χ4n) is 4.60. The zero-order valence-corrected chi connectivity index (χ0v) is 28.1. The molecule has 1 unspecified atom stereocenters. The Bertz CT molecular complexity index is 1730. The lowest BCUT2D eigenvalue weighted by molar-refractivity contribution is -0.251. The number of oxime groups is 1. The van der Waals surface area contributed by atoms with E-state index in [1.165, 1.54) is 44.2 Å². The first-order chi connectivity index (χ1) is 23.0. The van der Waals surface area contributed by atoms with Crippen molar-refractivity contribution in [2.24, 2.45) is 16.0 Å². The van der Waals surface area contributed by atoms with E-state index in [1.807, 2.05) is 5.43 Å². The van der Waals surface area contributed by atoms with Gasteiger partial charge in [0.15, 0.2) is 16.7 Å². The number of hydrogen-bond donors (Lipinski definition) is 6. The highest BCUT2D eigenvalue weighted by Crippen LogP contribution is 2.41. The number of aliphatic carboxylic acids is 1. The number of anilines is 1. The second kappa shape index (κ2) is 13.9. The molecular formula is C25H28F3N11O7S3. The van der Waals surface area contributed by atoms with Crippen LogP contribution in [0.25, 0.3) is 0 Å². The number of carbonyl (C=O) groups is 4. The van der Waals surface area contributed by atoms with Gasteiger partial charge in [-0.15, -0.1) is 53.6 Å². The summed E-state index contributed by atoms with van der Waals surface area (Å²) in [4.78, 5) is 65.8. The maximum absolute atomic E-state index is 13.4. The number of thioether (sulfide) groups is 2. The molecule has 264 valence electrons. The molecule has 2 atom stereocenters. The molecule has 3 amide bonds. The maximum atomic E-state index is 13.4. The predicted octanol–water partition coefficient (Wildman–Crippen LogP) is -0.0154. The second-order valence-corrected chi connectivity index (χ2v) is 13.8. The molecular weight excluding hydrogens is 720 g/mol. The minimum absolute atomic E-state index is 0.000955. The summed E-state index contributed by atoms with van der Waals surface area (Å²) in [5, 5.41) is 18.5. The van der Waals surface area contributed by atoms with E-state index < -0.39 is 52.7 Å². The van der Waals surface area contributed by atoms with Crippen LogP contribution in [0.3, 0.4) is 0 Å². The molecule has 1 aromatic heterocycles. The third-order valence-corrected chi connectivity index (χ3v) is 10.0. The van der Waals surface area contributed by atoms with Crippen LogP contribution >= 0.6 is 34.9 Å². The number of β-lactam (4-membered cyclic amide) rings is 1. The molecule has 1 fully saturated rings. The van der Waals surface area contributed by atoms with Crippen LogP contribution in [-0.4, -0.2) is 108 Å². The first-order valence-corrected chi connectivity index (χ1v) is 16.7. The third-order valence-electron chi connectivity index (χ3n) is 7.00. The number of thiazole rings is 1. The number of nitrogens with one attached hydrogen (secondary N) is 3. The Hall–Kier alpha value is -4.36. The van der Waals surface area contributed by atoms with Gasteiger partial charge in [0.25, 0.3) is 17.7 Å². The smallest absolute Gasteiger partial charge is 0.477 e. The Kier molecular flexibility index (Phi) is 10.2. The van der Waals surface area contributed by atoms with Crippen LogP contribution < -0.4 is 27.9 Å². The molecule has 0 radical (unpaired) electrons. The lowest BCUT2D eigenvalue weighted by Crippen LogP contribution is -2.71. The van der Waals surface area contributed by atoms with Crippen molar-refractivity contribution in [2.45, 2.75) is 37.2 Å². The summed E-state index contributed by atoms with van der Waals surface area (Å²) in [5.74, 6) is 1.55. The lowest BCUT2D eigenvalue weighted by atomic mass is 10.0. The fourth-order valence-corrected chi connectivity index (χ4v) is 7.56. The van der Waals surface area contributed by atoms with E-state index in [-0.39, 0.29) is 50.5 Å². The summed E-state index contributed by atoms with van der Waals surface area (Å²) < 4.78 is 45.0. The van der Waals surface area contributed by atoms with Crippen LogP contribution in [0.2, 0.25) is 0 Å². The highest BCUT2D eigenvalue weighted by molar-refractivity contribution is 8.14. The molecule has 5 rings (SSSR count). The number of nitrogen functional groups attached to an aromatic ring is 1. The minimum atomic E-state index is -4.72. The van der Waals surface area contributed by atoms with Crippen molar-refractivity contribution in [1.82, 2.24) is 36.2 Å². The van der Waals surface area contributed by atoms with Crippen LogP contribution in [0.4, 0.5) is 18.3 Å². The number of carboxylic acid groups (broad SMARTS) is 1. The van der Waals surface area contributed by atoms with Crippen LogP contribution in [0, 0.1) is 0 Å². The van der Waals surface area contributed by atoms with E-state index in [0.29, 0.717) is 11.3 Å². The summed E-state index contributed by atoms with van der Waals surface area (Å²) in [6.45, 7) is 2.64. The fraction of sp³-hybridized carbons (Fsp3) is 0.400. The van der Waals surface area contributed by atoms with Crippen LogP contribution in [0.5, 0.6) is 0 Å². The third kappa shape index (κ3) is 7.32. The number of hydrazine groups is 3. The number of carbonyl (C=O) groups excluding carboxylic acids is 3. The molecule has 0 bridgehead atoms. The molecule has 4 aliphatic heterocycles. The van der Waals surface area contributed by atoms with Crippen molar-refractivity contribution in [3.8, 4) is 0 Å². The number of methoxy groups -OCH3 is 1. The van der Waals surface area contributed by atoms with Crippen molar-refractivity contribution in [2.75, 3.05) is 31.0 Å². The van der Waals surface area contributed by atoms with E-state index in [1.54, 1.807) is 0 Å². The number of aromatic nitrogens is 1. The van der Waals surface area contributed by atoms with E-state index >= 15 is 0 Å². The number of fused-ring (bicyclic) bond motifs is 2. The summed E-state index contributed by atoms with van der Waals surface area (Å²) in [7, 11) is 1.38. The molecule has 0 saturated carbocycles. The number of amides is 3. The molecule has 24 heteroatoms. The van der Waals surface area contributed by atoms with Crippen molar-refractivity contribution >= 4 is 74.4 Å². The summed E-state index contributed by atoms with van der Waals surface area (Å²) in [6.07, 6.45) is -2.45. The summed E-state index contributed by atoms with van der Waals surface area (Å²) >= 11 is 3.26. The zero-order valence-electron chi connectivity index (χ0n) is 25.6. The first-order valence-electron chi connectivity index (χ1n) is 13.8. The number of nitrogens with two attached hydrogens (primary N) is 2. The lowest BCUT2D eigenvalue weighted by Gasteiger charge is -2.49. The topological polar surface area (TPSA) is 242 Å². The van der Waals surface area contributed by atoms with Crippen molar-refractivity contribution in [3.63, 3.8) is 0 Å². The number of rotatable bonds is 11. The van der Waals surface area contributed by atoms with Gasteiger partial charge in [-0.25, -0.2) is 30.6 Å². The Morgan fingerprint density at radius 3 is 2.65 bits per heavy atom. The van der Waals surface area contributed by atoms with Crippen LogP contribution in [0.15, 0.2) is 50.6 Å². The average Bonchev–Trinajstić information content (AvgIpc) is 3.68. The molecule has 1 saturated heterocycles.